The molecule has 1 amide bonds. The van der Waals surface area contributed by atoms with Crippen molar-refractivity contribution in [3.63, 3.8) is 0 Å². The minimum atomic E-state index is -3.69. The number of aryl methyl sites for hydroxylation is 1. The summed E-state index contributed by atoms with van der Waals surface area (Å²) in [5.41, 5.74) is 0.378. The summed E-state index contributed by atoms with van der Waals surface area (Å²) < 4.78 is 24.4. The molecule has 7 heteroatoms. The average molecular weight is 270 g/mol. The van der Waals surface area contributed by atoms with E-state index < -0.39 is 33.0 Å². The lowest BCUT2D eigenvalue weighted by Crippen LogP contribution is -2.68. The molecular formula is C11H14N2O4S. The maximum atomic E-state index is 11.9. The Morgan fingerprint density at radius 1 is 1.39 bits per heavy atom. The second-order valence-corrected chi connectivity index (χ2v) is 7.17. The van der Waals surface area contributed by atoms with Crippen LogP contribution in [0.1, 0.15) is 24.3 Å². The van der Waals surface area contributed by atoms with Gasteiger partial charge >= 0.3 is 0 Å². The largest absolute Gasteiger partial charge is 0.348 e. The third-order valence-corrected chi connectivity index (χ3v) is 5.53. The van der Waals surface area contributed by atoms with Gasteiger partial charge in [0.2, 0.25) is 0 Å². The molecule has 0 bridgehead atoms. The van der Waals surface area contributed by atoms with Gasteiger partial charge in [-0.2, -0.15) is 0 Å². The SMILES string of the molecule is Cn1cccc1C(=O)CN1C(=O)C(C)(C)S1(=O)=O. The summed E-state index contributed by atoms with van der Waals surface area (Å²) in [6.07, 6.45) is 1.68. The average Bonchev–Trinajstić information content (AvgIpc) is 2.70. The van der Waals surface area contributed by atoms with E-state index in [1.165, 1.54) is 13.8 Å². The Kier molecular flexibility index (Phi) is 2.62. The molecular weight excluding hydrogens is 256 g/mol. The van der Waals surface area contributed by atoms with Crippen LogP contribution in [0.25, 0.3) is 0 Å². The number of hydrogen-bond donors (Lipinski definition) is 0. The highest BCUT2D eigenvalue weighted by atomic mass is 32.2. The molecule has 0 saturated carbocycles. The predicted molar refractivity (Wildman–Crippen MR) is 64.5 cm³/mol. The second kappa shape index (κ2) is 3.68. The van der Waals surface area contributed by atoms with Crippen LogP contribution in [-0.4, -0.2) is 40.3 Å². The zero-order valence-electron chi connectivity index (χ0n) is 10.4. The molecule has 0 N–H and O–H groups in total. The lowest BCUT2D eigenvalue weighted by molar-refractivity contribution is -0.131. The van der Waals surface area contributed by atoms with Crippen molar-refractivity contribution in [3.8, 4) is 0 Å². The van der Waals surface area contributed by atoms with Gasteiger partial charge < -0.3 is 4.57 Å². The third kappa shape index (κ3) is 1.50. The van der Waals surface area contributed by atoms with Crippen molar-refractivity contribution in [2.45, 2.75) is 18.6 Å². The van der Waals surface area contributed by atoms with Gasteiger partial charge in [0.1, 0.15) is 6.54 Å². The lowest BCUT2D eigenvalue weighted by Gasteiger charge is -2.42. The molecule has 1 saturated heterocycles. The Morgan fingerprint density at radius 2 is 2.00 bits per heavy atom. The number of ketones is 1. The number of sulfonamides is 1. The van der Waals surface area contributed by atoms with Crippen molar-refractivity contribution in [2.24, 2.45) is 7.05 Å². The number of rotatable bonds is 3. The monoisotopic (exact) mass is 270 g/mol. The van der Waals surface area contributed by atoms with E-state index >= 15 is 0 Å². The summed E-state index contributed by atoms with van der Waals surface area (Å²) in [7, 11) is -2.01. The molecule has 2 heterocycles. The van der Waals surface area contributed by atoms with E-state index in [2.05, 4.69) is 0 Å². The van der Waals surface area contributed by atoms with Gasteiger partial charge in [-0.3, -0.25) is 9.59 Å². The van der Waals surface area contributed by atoms with Gasteiger partial charge in [-0.1, -0.05) is 0 Å². The Hall–Kier alpha value is -1.63. The summed E-state index contributed by atoms with van der Waals surface area (Å²) in [5.74, 6) is -0.931. The van der Waals surface area contributed by atoms with Gasteiger partial charge in [-0.15, -0.1) is 0 Å². The number of carbonyl (C=O) groups is 2. The first-order valence-electron chi connectivity index (χ1n) is 5.41. The standard InChI is InChI=1S/C11H14N2O4S/c1-11(2)10(15)13(18(11,16)17)7-9(14)8-5-4-6-12(8)3/h4-6H,7H2,1-3H3. The predicted octanol–water partition coefficient (Wildman–Crippen LogP) is 0.158. The van der Waals surface area contributed by atoms with Crippen molar-refractivity contribution >= 4 is 21.7 Å². The minimum absolute atomic E-state index is 0.378. The summed E-state index contributed by atoms with van der Waals surface area (Å²) >= 11 is 0. The summed E-state index contributed by atoms with van der Waals surface area (Å²) in [6.45, 7) is 2.25. The summed E-state index contributed by atoms with van der Waals surface area (Å²) in [5, 5.41) is 0. The molecule has 1 aromatic rings. The Bertz CT molecular complexity index is 627. The fraction of sp³-hybridized carbons (Fsp3) is 0.455. The highest BCUT2D eigenvalue weighted by Gasteiger charge is 2.60. The summed E-state index contributed by atoms with van der Waals surface area (Å²) in [6, 6.07) is 3.27. The van der Waals surface area contributed by atoms with Crippen molar-refractivity contribution in [1.82, 2.24) is 8.87 Å². The maximum absolute atomic E-state index is 11.9. The number of aromatic nitrogens is 1. The first kappa shape index (κ1) is 12.8. The molecule has 0 aromatic carbocycles. The Labute approximate surface area is 105 Å². The van der Waals surface area contributed by atoms with Crippen LogP contribution < -0.4 is 0 Å². The smallest absolute Gasteiger partial charge is 0.259 e. The topological polar surface area (TPSA) is 76.5 Å². The van der Waals surface area contributed by atoms with Crippen molar-refractivity contribution in [3.05, 3.63) is 24.0 Å². The van der Waals surface area contributed by atoms with Gasteiger partial charge in [-0.25, -0.2) is 12.7 Å². The second-order valence-electron chi connectivity index (χ2n) is 4.75. The first-order valence-corrected chi connectivity index (χ1v) is 6.85. The van der Waals surface area contributed by atoms with Crippen molar-refractivity contribution < 1.29 is 18.0 Å². The molecule has 0 atom stereocenters. The Balaban J connectivity index is 2.21. The van der Waals surface area contributed by atoms with Crippen LogP contribution in [-0.2, 0) is 21.9 Å². The Morgan fingerprint density at radius 3 is 2.44 bits per heavy atom. The molecule has 98 valence electrons. The molecule has 1 aromatic heterocycles. The summed E-state index contributed by atoms with van der Waals surface area (Å²) in [4.78, 5) is 23.6. The van der Waals surface area contributed by atoms with E-state index in [9.17, 15) is 18.0 Å². The third-order valence-electron chi connectivity index (χ3n) is 3.19. The molecule has 1 aliphatic rings. The van der Waals surface area contributed by atoms with Gasteiger partial charge in [-0.05, 0) is 26.0 Å². The molecule has 1 aliphatic heterocycles. The zero-order chi connectivity index (χ0) is 13.7. The highest BCUT2D eigenvalue weighted by Crippen LogP contribution is 2.34. The van der Waals surface area contributed by atoms with Gasteiger partial charge in [0.05, 0.1) is 5.69 Å². The van der Waals surface area contributed by atoms with Crippen molar-refractivity contribution in [2.75, 3.05) is 6.54 Å². The zero-order valence-corrected chi connectivity index (χ0v) is 11.2. The van der Waals surface area contributed by atoms with Crippen LogP contribution in [0.2, 0.25) is 0 Å². The van der Waals surface area contributed by atoms with Crippen LogP contribution in [0.4, 0.5) is 0 Å². The van der Waals surface area contributed by atoms with E-state index in [1.807, 2.05) is 0 Å². The lowest BCUT2D eigenvalue weighted by atomic mass is 10.1. The molecule has 0 aliphatic carbocycles. The molecule has 0 unspecified atom stereocenters. The molecule has 18 heavy (non-hydrogen) atoms. The van der Waals surface area contributed by atoms with Crippen LogP contribution >= 0.6 is 0 Å². The minimum Gasteiger partial charge on any atom is -0.348 e. The van der Waals surface area contributed by atoms with E-state index in [4.69, 9.17) is 0 Å². The van der Waals surface area contributed by atoms with E-state index in [1.54, 1.807) is 29.9 Å². The molecule has 0 spiro atoms. The number of amides is 1. The maximum Gasteiger partial charge on any atom is 0.259 e. The highest BCUT2D eigenvalue weighted by molar-refractivity contribution is 7.94. The number of carbonyl (C=O) groups excluding carboxylic acids is 2. The van der Waals surface area contributed by atoms with Crippen LogP contribution in [0.15, 0.2) is 18.3 Å². The van der Waals surface area contributed by atoms with Crippen molar-refractivity contribution in [1.29, 1.82) is 0 Å². The molecule has 0 radical (unpaired) electrons. The van der Waals surface area contributed by atoms with E-state index in [0.29, 0.717) is 10.00 Å². The van der Waals surface area contributed by atoms with Gasteiger partial charge in [0.15, 0.2) is 10.5 Å². The van der Waals surface area contributed by atoms with E-state index in [-0.39, 0.29) is 0 Å². The van der Waals surface area contributed by atoms with Crippen LogP contribution in [0.3, 0.4) is 0 Å². The molecule has 1 fully saturated rings. The fourth-order valence-corrected chi connectivity index (χ4v) is 3.36. The molecule has 6 nitrogen and oxygen atoms in total. The number of hydrogen-bond acceptors (Lipinski definition) is 4. The molecule has 2 rings (SSSR count). The fourth-order valence-electron chi connectivity index (χ4n) is 1.88. The van der Waals surface area contributed by atoms with Gasteiger partial charge in [0.25, 0.3) is 15.9 Å². The van der Waals surface area contributed by atoms with Crippen LogP contribution in [0, 0.1) is 0 Å². The van der Waals surface area contributed by atoms with E-state index in [0.717, 1.165) is 0 Å². The first-order chi connectivity index (χ1) is 8.19. The number of Topliss-reactive ketones (excluding diaryl/α,β-unsaturated/α-hetero) is 1. The normalized spacial score (nSPS) is 20.6. The van der Waals surface area contributed by atoms with Crippen LogP contribution in [0.5, 0.6) is 0 Å². The number of nitrogens with zero attached hydrogens (tertiary/aromatic N) is 2. The van der Waals surface area contributed by atoms with Gasteiger partial charge in [0, 0.05) is 13.2 Å². The quantitative estimate of drug-likeness (QED) is 0.733.